The zero-order valence-corrected chi connectivity index (χ0v) is 29.2. The normalized spacial score (nSPS) is 22.5. The van der Waals surface area contributed by atoms with E-state index in [-0.39, 0.29) is 17.9 Å². The maximum absolute atomic E-state index is 12.1. The summed E-state index contributed by atoms with van der Waals surface area (Å²) in [5.74, 6) is 1.77. The highest BCUT2D eigenvalue weighted by Gasteiger charge is 2.32. The van der Waals surface area contributed by atoms with Gasteiger partial charge in [-0.05, 0) is 80.8 Å². The number of aromatic amines is 1. The molecule has 2 atom stereocenters. The Balaban J connectivity index is 0.726. The summed E-state index contributed by atoms with van der Waals surface area (Å²) in [6, 6.07) is 16.5. The second-order valence-corrected chi connectivity index (χ2v) is 15.0. The van der Waals surface area contributed by atoms with Crippen molar-refractivity contribution in [3.63, 3.8) is 0 Å². The molecule has 6 heterocycles. The third-order valence-electron chi connectivity index (χ3n) is 11.0. The van der Waals surface area contributed by atoms with Crippen molar-refractivity contribution in [1.29, 1.82) is 0 Å². The Morgan fingerprint density at radius 3 is 2.52 bits per heavy atom. The Bertz CT molecular complexity index is 1820. The number of aromatic nitrogens is 3. The molecule has 2 aromatic heterocycles. The van der Waals surface area contributed by atoms with E-state index >= 15 is 0 Å². The number of halogens is 1. The van der Waals surface area contributed by atoms with Crippen LogP contribution >= 0.6 is 11.6 Å². The van der Waals surface area contributed by atoms with Crippen LogP contribution in [0.2, 0.25) is 5.02 Å². The largest absolute Gasteiger partial charge is 0.374 e. The fourth-order valence-corrected chi connectivity index (χ4v) is 8.34. The first-order valence-electron chi connectivity index (χ1n) is 18.2. The van der Waals surface area contributed by atoms with E-state index in [1.807, 2.05) is 30.5 Å². The predicted octanol–water partition coefficient (Wildman–Crippen LogP) is 5.22. The van der Waals surface area contributed by atoms with Gasteiger partial charge in [-0.25, -0.2) is 9.97 Å². The molecule has 4 aliphatic heterocycles. The molecule has 4 aliphatic rings. The van der Waals surface area contributed by atoms with E-state index in [4.69, 9.17) is 16.6 Å². The lowest BCUT2D eigenvalue weighted by Gasteiger charge is -2.43. The van der Waals surface area contributed by atoms with Crippen LogP contribution in [-0.2, 0) is 9.59 Å². The number of para-hydroxylation sites is 1. The molecule has 0 spiro atoms. The van der Waals surface area contributed by atoms with Crippen LogP contribution in [0.4, 0.5) is 17.3 Å². The van der Waals surface area contributed by atoms with Gasteiger partial charge >= 0.3 is 0 Å². The zero-order chi connectivity index (χ0) is 34.0. The Labute approximate surface area is 298 Å². The number of rotatable bonds is 11. The highest BCUT2D eigenvalue weighted by molar-refractivity contribution is 6.33. The molecule has 0 saturated carbocycles. The molecular weight excluding hydrogens is 650 g/mol. The number of anilines is 3. The summed E-state index contributed by atoms with van der Waals surface area (Å²) < 4.78 is 0. The summed E-state index contributed by atoms with van der Waals surface area (Å²) in [6.45, 7) is 9.11. The SMILES string of the molecule is O=C1CCC(Nc2ccc(N3CCC(CN4CC(CCN5CC[C@@H](Nc6ncc(Cl)c(-c7c[nH]c8ccccc78)n6)C5)C4)CC3)cc2)C(=O)N1. The molecule has 1 unspecified atom stereocenters. The van der Waals surface area contributed by atoms with Crippen LogP contribution in [0.15, 0.2) is 60.9 Å². The zero-order valence-electron chi connectivity index (χ0n) is 28.4. The standard InChI is InChI=1S/C38H46ClN9O2/c39-32-20-41-38(45-36(32)31-19-40-33-4-2-1-3-30(31)33)43-28-14-16-46(24-28)15-11-26-22-47(23-26)21-25-12-17-48(18-13-25)29-7-5-27(6-8-29)42-34-9-10-35(49)44-37(34)50/h1-8,19-20,25-26,28,34,40,42H,9-18,21-24H2,(H,41,43,45)(H,44,49,50)/t28-,34?/m1/s1. The van der Waals surface area contributed by atoms with Gasteiger partial charge in [-0.2, -0.15) is 0 Å². The van der Waals surface area contributed by atoms with E-state index in [9.17, 15) is 9.59 Å². The molecule has 0 bridgehead atoms. The lowest BCUT2D eigenvalue weighted by atomic mass is 9.91. The quantitative estimate of drug-likeness (QED) is 0.157. The Hall–Kier alpha value is -4.19. The van der Waals surface area contributed by atoms with Crippen LogP contribution in [0.25, 0.3) is 22.2 Å². The summed E-state index contributed by atoms with van der Waals surface area (Å²) in [5.41, 5.74) is 4.96. The molecule has 2 aromatic carbocycles. The minimum atomic E-state index is -0.353. The van der Waals surface area contributed by atoms with Crippen LogP contribution in [0.3, 0.4) is 0 Å². The number of nitrogens with zero attached hydrogens (tertiary/aromatic N) is 5. The van der Waals surface area contributed by atoms with Crippen LogP contribution < -0.4 is 20.9 Å². The molecule has 4 saturated heterocycles. The lowest BCUT2D eigenvalue weighted by Crippen LogP contribution is -2.50. The van der Waals surface area contributed by atoms with Gasteiger partial charge < -0.3 is 30.3 Å². The van der Waals surface area contributed by atoms with Gasteiger partial charge in [0.05, 0.1) is 16.9 Å². The molecule has 0 aliphatic carbocycles. The fourth-order valence-electron chi connectivity index (χ4n) is 8.14. The number of nitrogens with one attached hydrogen (secondary N) is 4. The highest BCUT2D eigenvalue weighted by Crippen LogP contribution is 2.33. The number of imide groups is 1. The number of amides is 2. The van der Waals surface area contributed by atoms with Crippen LogP contribution in [-0.4, -0.2) is 101 Å². The van der Waals surface area contributed by atoms with Gasteiger partial charge in [-0.3, -0.25) is 14.9 Å². The van der Waals surface area contributed by atoms with Crippen molar-refractivity contribution < 1.29 is 9.59 Å². The molecule has 4 N–H and O–H groups in total. The summed E-state index contributed by atoms with van der Waals surface area (Å²) >= 11 is 6.55. The maximum atomic E-state index is 12.1. The number of likely N-dealkylation sites (tertiary alicyclic amines) is 2. The fraction of sp³-hybridized carbons (Fsp3) is 0.474. The monoisotopic (exact) mass is 695 g/mol. The molecule has 12 heteroatoms. The average Bonchev–Trinajstić information content (AvgIpc) is 3.75. The van der Waals surface area contributed by atoms with Crippen LogP contribution in [0.1, 0.15) is 38.5 Å². The van der Waals surface area contributed by atoms with Crippen molar-refractivity contribution in [2.45, 2.75) is 50.6 Å². The van der Waals surface area contributed by atoms with Gasteiger partial charge in [0.2, 0.25) is 17.8 Å². The van der Waals surface area contributed by atoms with Gasteiger partial charge in [-0.15, -0.1) is 0 Å². The molecule has 50 heavy (non-hydrogen) atoms. The van der Waals surface area contributed by atoms with Crippen molar-refractivity contribution in [2.24, 2.45) is 11.8 Å². The second kappa shape index (κ2) is 14.6. The van der Waals surface area contributed by atoms with Gasteiger partial charge in [0.1, 0.15) is 6.04 Å². The second-order valence-electron chi connectivity index (χ2n) is 14.6. The smallest absolute Gasteiger partial charge is 0.249 e. The molecule has 11 nitrogen and oxygen atoms in total. The van der Waals surface area contributed by atoms with Gasteiger partial charge in [-0.1, -0.05) is 29.8 Å². The molecule has 2 amide bonds. The Kier molecular flexibility index (Phi) is 9.62. The first kappa shape index (κ1) is 33.0. The van der Waals surface area contributed by atoms with Crippen molar-refractivity contribution >= 4 is 51.6 Å². The van der Waals surface area contributed by atoms with Crippen LogP contribution in [0.5, 0.6) is 0 Å². The van der Waals surface area contributed by atoms with Crippen molar-refractivity contribution in [3.05, 3.63) is 65.9 Å². The molecule has 262 valence electrons. The van der Waals surface area contributed by atoms with E-state index in [0.29, 0.717) is 29.9 Å². The third kappa shape index (κ3) is 7.45. The molecule has 0 radical (unpaired) electrons. The van der Waals surface area contributed by atoms with Crippen molar-refractivity contribution in [3.8, 4) is 11.3 Å². The minimum Gasteiger partial charge on any atom is -0.374 e. The molecular formula is C38H46ClN9O2. The maximum Gasteiger partial charge on any atom is 0.249 e. The number of hydrogen-bond acceptors (Lipinski definition) is 9. The molecule has 8 rings (SSSR count). The average molecular weight is 696 g/mol. The summed E-state index contributed by atoms with van der Waals surface area (Å²) in [4.78, 5) is 43.9. The molecule has 4 aromatic rings. The van der Waals surface area contributed by atoms with E-state index in [2.05, 4.69) is 64.9 Å². The Morgan fingerprint density at radius 2 is 1.70 bits per heavy atom. The number of hydrogen-bond donors (Lipinski definition) is 4. The highest BCUT2D eigenvalue weighted by atomic mass is 35.5. The van der Waals surface area contributed by atoms with Gasteiger partial charge in [0, 0.05) is 92.3 Å². The number of carbonyl (C=O) groups excluding carboxylic acids is 2. The van der Waals surface area contributed by atoms with E-state index in [1.54, 1.807) is 6.20 Å². The molecule has 4 fully saturated rings. The minimum absolute atomic E-state index is 0.190. The predicted molar refractivity (Wildman–Crippen MR) is 199 cm³/mol. The number of benzene rings is 2. The van der Waals surface area contributed by atoms with Gasteiger partial charge in [0.15, 0.2) is 0 Å². The summed E-state index contributed by atoms with van der Waals surface area (Å²) in [7, 11) is 0. The first-order valence-corrected chi connectivity index (χ1v) is 18.6. The third-order valence-corrected chi connectivity index (χ3v) is 11.3. The number of carbonyl (C=O) groups is 2. The number of H-pyrrole nitrogens is 1. The van der Waals surface area contributed by atoms with Crippen LogP contribution in [0, 0.1) is 11.8 Å². The summed E-state index contributed by atoms with van der Waals surface area (Å²) in [6.07, 6.45) is 9.39. The van der Waals surface area contributed by atoms with E-state index < -0.39 is 0 Å². The van der Waals surface area contributed by atoms with E-state index in [0.717, 1.165) is 78.8 Å². The number of piperidine rings is 2. The van der Waals surface area contributed by atoms with Gasteiger partial charge in [0.25, 0.3) is 0 Å². The number of fused-ring (bicyclic) bond motifs is 1. The lowest BCUT2D eigenvalue weighted by molar-refractivity contribution is -0.133. The van der Waals surface area contributed by atoms with Crippen molar-refractivity contribution in [1.82, 2.24) is 30.1 Å². The van der Waals surface area contributed by atoms with Crippen molar-refractivity contribution in [2.75, 3.05) is 67.9 Å². The van der Waals surface area contributed by atoms with E-state index in [1.165, 1.54) is 44.6 Å². The topological polar surface area (TPSA) is 122 Å². The first-order chi connectivity index (χ1) is 24.4. The summed E-state index contributed by atoms with van der Waals surface area (Å²) in [5, 5.41) is 10.9. The Morgan fingerprint density at radius 1 is 0.880 bits per heavy atom.